The maximum Gasteiger partial charge on any atom is 0.313 e. The minimum absolute atomic E-state index is 0.0215. The predicted molar refractivity (Wildman–Crippen MR) is 193 cm³/mol. The largest absolute Gasteiger partial charge is 0.462 e. The van der Waals surface area contributed by atoms with Crippen LogP contribution in [0.3, 0.4) is 0 Å². The van der Waals surface area contributed by atoms with E-state index in [1.54, 1.807) is 0 Å². The summed E-state index contributed by atoms with van der Waals surface area (Å²) in [5.74, 6) is 2.09. The molecule has 6 aliphatic rings. The molecule has 8 nitrogen and oxygen atoms in total. The molecule has 0 aromatic heterocycles. The lowest BCUT2D eigenvalue weighted by molar-refractivity contribution is -0.156. The standard InChI is InChI=1S/C39H68N6O2/c1-5-6-7-8-9-12-15-19-31-26-34-22-23-35-36(29(4)41-39(43-31)45(34)35)37(46)47-28(3)17-14-11-10-13-16-18-30-25-33-21-20-32-24-27(2)40-38(42-30)44(32)33/h27-36H,5-26H2,1-4H3,(H,40,42)(H,41,43). The number of esters is 1. The summed E-state index contributed by atoms with van der Waals surface area (Å²) in [4.78, 5) is 28.9. The molecule has 0 spiro atoms. The molecule has 10 atom stereocenters. The van der Waals surface area contributed by atoms with Gasteiger partial charge in [0.05, 0.1) is 24.1 Å². The molecule has 0 radical (unpaired) electrons. The van der Waals surface area contributed by atoms with Crippen molar-refractivity contribution in [2.45, 2.75) is 223 Å². The number of guanidine groups is 2. The highest BCUT2D eigenvalue weighted by Gasteiger charge is 2.51. The normalized spacial score (nSPS) is 34.5. The van der Waals surface area contributed by atoms with Crippen molar-refractivity contribution in [3.05, 3.63) is 0 Å². The summed E-state index contributed by atoms with van der Waals surface area (Å²) in [6.45, 7) is 8.81. The minimum Gasteiger partial charge on any atom is -0.462 e. The van der Waals surface area contributed by atoms with Crippen LogP contribution in [0.25, 0.3) is 0 Å². The zero-order chi connectivity index (χ0) is 32.8. The number of ether oxygens (including phenoxy) is 1. The Bertz CT molecular complexity index is 1080. The number of aliphatic imine (C=N–C) groups is 2. The number of nitrogens with one attached hydrogen (secondary N) is 2. The van der Waals surface area contributed by atoms with E-state index in [2.05, 4.69) is 48.1 Å². The van der Waals surface area contributed by atoms with Crippen LogP contribution in [0.2, 0.25) is 0 Å². The van der Waals surface area contributed by atoms with E-state index in [4.69, 9.17) is 14.7 Å². The van der Waals surface area contributed by atoms with E-state index in [9.17, 15) is 4.79 Å². The van der Waals surface area contributed by atoms with Gasteiger partial charge in [-0.05, 0) is 91.4 Å². The first-order valence-electron chi connectivity index (χ1n) is 20.4. The summed E-state index contributed by atoms with van der Waals surface area (Å²) >= 11 is 0. The number of rotatable bonds is 18. The zero-order valence-corrected chi connectivity index (χ0v) is 30.4. The number of hydrogen-bond donors (Lipinski definition) is 2. The third-order valence-corrected chi connectivity index (χ3v) is 12.5. The average molecular weight is 653 g/mol. The van der Waals surface area contributed by atoms with Crippen molar-refractivity contribution in [2.24, 2.45) is 15.9 Å². The maximum atomic E-state index is 13.5. The summed E-state index contributed by atoms with van der Waals surface area (Å²) in [6.07, 6.45) is 27.7. The molecular formula is C39H68N6O2. The lowest BCUT2D eigenvalue weighted by Gasteiger charge is -2.47. The first-order valence-corrected chi connectivity index (χ1v) is 20.4. The molecule has 2 N–H and O–H groups in total. The van der Waals surface area contributed by atoms with E-state index in [1.165, 1.54) is 128 Å². The van der Waals surface area contributed by atoms with E-state index >= 15 is 0 Å². The smallest absolute Gasteiger partial charge is 0.313 e. The van der Waals surface area contributed by atoms with Crippen LogP contribution in [0.5, 0.6) is 0 Å². The molecule has 4 fully saturated rings. The van der Waals surface area contributed by atoms with Gasteiger partial charge in [-0.25, -0.2) is 9.98 Å². The van der Waals surface area contributed by atoms with Crippen molar-refractivity contribution in [1.82, 2.24) is 20.4 Å². The third kappa shape index (κ3) is 8.60. The Labute approximate surface area is 286 Å². The van der Waals surface area contributed by atoms with Gasteiger partial charge in [0.15, 0.2) is 11.9 Å². The van der Waals surface area contributed by atoms with E-state index in [0.29, 0.717) is 24.2 Å². The van der Waals surface area contributed by atoms with Gasteiger partial charge in [0, 0.05) is 36.3 Å². The van der Waals surface area contributed by atoms with Crippen LogP contribution >= 0.6 is 0 Å². The molecule has 0 aliphatic carbocycles. The maximum absolute atomic E-state index is 13.5. The molecule has 6 rings (SSSR count). The molecule has 0 aromatic carbocycles. The number of unbranched alkanes of at least 4 members (excludes halogenated alkanes) is 10. The SMILES string of the molecule is CCCCCCCCCC1CC2CCC3C(C(=O)OC(C)CCCCCCCC4CC5CCC6CC(C)NC(=N4)N56)C(C)N=C(N1)N23. The highest BCUT2D eigenvalue weighted by molar-refractivity contribution is 5.86. The van der Waals surface area contributed by atoms with E-state index < -0.39 is 0 Å². The number of carbonyl (C=O) groups is 1. The molecule has 266 valence electrons. The molecule has 0 amide bonds. The lowest BCUT2D eigenvalue weighted by atomic mass is 9.89. The molecule has 0 bridgehead atoms. The van der Waals surface area contributed by atoms with Crippen LogP contribution in [-0.4, -0.2) is 82.1 Å². The fourth-order valence-corrected chi connectivity index (χ4v) is 10.1. The number of hydrogen-bond acceptors (Lipinski definition) is 8. The Morgan fingerprint density at radius 2 is 1.40 bits per heavy atom. The Morgan fingerprint density at radius 3 is 2.19 bits per heavy atom. The van der Waals surface area contributed by atoms with Crippen LogP contribution in [-0.2, 0) is 9.53 Å². The van der Waals surface area contributed by atoms with Gasteiger partial charge in [-0.15, -0.1) is 0 Å². The molecular weight excluding hydrogens is 584 g/mol. The van der Waals surface area contributed by atoms with Gasteiger partial charge in [-0.3, -0.25) is 4.79 Å². The van der Waals surface area contributed by atoms with E-state index in [0.717, 1.165) is 37.3 Å². The first kappa shape index (κ1) is 34.9. The summed E-state index contributed by atoms with van der Waals surface area (Å²) in [5.41, 5.74) is 0. The summed E-state index contributed by atoms with van der Waals surface area (Å²) < 4.78 is 6.11. The Kier molecular flexibility index (Phi) is 12.3. The van der Waals surface area contributed by atoms with Crippen LogP contribution in [0.4, 0.5) is 0 Å². The third-order valence-electron chi connectivity index (χ3n) is 12.5. The highest BCUT2D eigenvalue weighted by atomic mass is 16.5. The monoisotopic (exact) mass is 653 g/mol. The number of carbonyl (C=O) groups excluding carboxylic acids is 1. The van der Waals surface area contributed by atoms with Crippen molar-refractivity contribution in [3.63, 3.8) is 0 Å². The molecule has 6 aliphatic heterocycles. The van der Waals surface area contributed by atoms with Crippen LogP contribution in [0.15, 0.2) is 9.98 Å². The second kappa shape index (κ2) is 16.6. The van der Waals surface area contributed by atoms with E-state index in [-0.39, 0.29) is 30.1 Å². The Balaban J connectivity index is 0.861. The van der Waals surface area contributed by atoms with Gasteiger partial charge >= 0.3 is 5.97 Å². The van der Waals surface area contributed by atoms with Gasteiger partial charge in [-0.1, -0.05) is 77.6 Å². The quantitative estimate of drug-likeness (QED) is 0.117. The van der Waals surface area contributed by atoms with Crippen molar-refractivity contribution in [3.8, 4) is 0 Å². The second-order valence-electron chi connectivity index (χ2n) is 16.4. The van der Waals surface area contributed by atoms with Gasteiger partial charge in [0.2, 0.25) is 0 Å². The first-order chi connectivity index (χ1) is 22.9. The fraction of sp³-hybridized carbons (Fsp3) is 0.923. The minimum atomic E-state index is -0.148. The zero-order valence-electron chi connectivity index (χ0n) is 30.4. The molecule has 47 heavy (non-hydrogen) atoms. The van der Waals surface area contributed by atoms with Crippen LogP contribution < -0.4 is 10.6 Å². The van der Waals surface area contributed by atoms with Gasteiger partial charge in [-0.2, -0.15) is 0 Å². The fourth-order valence-electron chi connectivity index (χ4n) is 10.1. The van der Waals surface area contributed by atoms with Crippen LogP contribution in [0, 0.1) is 5.92 Å². The molecule has 0 aromatic rings. The molecule has 4 saturated heterocycles. The van der Waals surface area contributed by atoms with Gasteiger partial charge < -0.3 is 25.2 Å². The lowest BCUT2D eigenvalue weighted by Crippen LogP contribution is -2.63. The average Bonchev–Trinajstić information content (AvgIpc) is 3.65. The Morgan fingerprint density at radius 1 is 0.766 bits per heavy atom. The summed E-state index contributed by atoms with van der Waals surface area (Å²) in [5, 5.41) is 7.48. The molecule has 10 unspecified atom stereocenters. The van der Waals surface area contributed by atoms with Crippen molar-refractivity contribution in [2.75, 3.05) is 0 Å². The molecule has 6 heterocycles. The van der Waals surface area contributed by atoms with Gasteiger partial charge in [0.25, 0.3) is 0 Å². The van der Waals surface area contributed by atoms with E-state index in [1.807, 2.05) is 0 Å². The topological polar surface area (TPSA) is 81.6 Å². The highest BCUT2D eigenvalue weighted by Crippen LogP contribution is 2.40. The van der Waals surface area contributed by atoms with Crippen molar-refractivity contribution < 1.29 is 9.53 Å². The molecule has 8 heteroatoms. The summed E-state index contributed by atoms with van der Waals surface area (Å²) in [6, 6.07) is 3.76. The van der Waals surface area contributed by atoms with Crippen molar-refractivity contribution in [1.29, 1.82) is 0 Å². The molecule has 0 saturated carbocycles. The van der Waals surface area contributed by atoms with Crippen LogP contribution in [0.1, 0.15) is 169 Å². The number of nitrogens with zero attached hydrogens (tertiary/aromatic N) is 4. The Hall–Kier alpha value is -1.99. The van der Waals surface area contributed by atoms with Crippen molar-refractivity contribution >= 4 is 17.9 Å². The predicted octanol–water partition coefficient (Wildman–Crippen LogP) is 7.70. The van der Waals surface area contributed by atoms with Gasteiger partial charge in [0.1, 0.15) is 0 Å². The summed E-state index contributed by atoms with van der Waals surface area (Å²) in [7, 11) is 0. The second-order valence-corrected chi connectivity index (χ2v) is 16.4.